The van der Waals surface area contributed by atoms with Crippen molar-refractivity contribution in [1.29, 1.82) is 0 Å². The van der Waals surface area contributed by atoms with Crippen molar-refractivity contribution in [2.24, 2.45) is 22.7 Å². The highest BCUT2D eigenvalue weighted by Crippen LogP contribution is 2.72. The second kappa shape index (κ2) is 9.88. The van der Waals surface area contributed by atoms with Crippen molar-refractivity contribution in [2.45, 2.75) is 75.5 Å². The molecule has 2 aromatic rings. The molecule has 0 spiro atoms. The third-order valence-electron chi connectivity index (χ3n) is 11.6. The number of halogens is 2. The predicted octanol–water partition coefficient (Wildman–Crippen LogP) is 4.50. The molecule has 0 radical (unpaired) electrons. The highest BCUT2D eigenvalue weighted by molar-refractivity contribution is 6.01. The molecule has 1 saturated heterocycles. The Morgan fingerprint density at radius 3 is 2.36 bits per heavy atom. The summed E-state index contributed by atoms with van der Waals surface area (Å²) in [4.78, 5) is 25.8. The van der Waals surface area contributed by atoms with Crippen LogP contribution in [0.25, 0.3) is 0 Å². The maximum Gasteiger partial charge on any atom is 0.193 e. The van der Waals surface area contributed by atoms with Crippen LogP contribution >= 0.6 is 0 Å². The Bertz CT molecular complexity index is 1570. The molecule has 7 rings (SSSR count). The number of allylic oxidation sites excluding steroid dienone is 4. The van der Waals surface area contributed by atoms with Gasteiger partial charge in [-0.3, -0.25) is 9.59 Å². The average Bonchev–Trinajstić information content (AvgIpc) is 3.50. The summed E-state index contributed by atoms with van der Waals surface area (Å²) in [6.07, 6.45) is -0.684. The topological polar surface area (TPSA) is 119 Å². The van der Waals surface area contributed by atoms with Crippen molar-refractivity contribution in [3.05, 3.63) is 89.0 Å². The number of ether oxygens (including phenoxy) is 2. The summed E-state index contributed by atoms with van der Waals surface area (Å²) in [6.45, 7) is 2.49. The number of carbonyl (C=O) groups is 2. The van der Waals surface area contributed by atoms with E-state index in [1.807, 2.05) is 48.5 Å². The Kier molecular flexibility index (Phi) is 6.62. The number of rotatable bonds is 5. The number of aliphatic hydroxyl groups is 2. The first kappa shape index (κ1) is 29.5. The van der Waals surface area contributed by atoms with Gasteiger partial charge >= 0.3 is 0 Å². The maximum absolute atomic E-state index is 17.5. The lowest BCUT2D eigenvalue weighted by molar-refractivity contribution is -0.235. The minimum absolute atomic E-state index is 0.0400. The van der Waals surface area contributed by atoms with E-state index >= 15 is 8.78 Å². The molecular formula is C35H37F2NO6. The van der Waals surface area contributed by atoms with Crippen molar-refractivity contribution in [3.8, 4) is 0 Å². The molecule has 0 unspecified atom stereocenters. The van der Waals surface area contributed by atoms with Gasteiger partial charge in [0.05, 0.1) is 12.2 Å². The van der Waals surface area contributed by atoms with Gasteiger partial charge in [0.25, 0.3) is 0 Å². The molecule has 1 aliphatic heterocycles. The Morgan fingerprint density at radius 1 is 1.05 bits per heavy atom. The number of hydrogen-bond donors (Lipinski definition) is 3. The van der Waals surface area contributed by atoms with Gasteiger partial charge in [-0.15, -0.1) is 0 Å². The molecule has 232 valence electrons. The van der Waals surface area contributed by atoms with Gasteiger partial charge < -0.3 is 25.4 Å². The number of nitrogens with two attached hydrogens (primary N) is 1. The highest BCUT2D eigenvalue weighted by atomic mass is 19.1. The zero-order valence-electron chi connectivity index (χ0n) is 24.7. The minimum atomic E-state index is -2.29. The molecule has 4 N–H and O–H groups in total. The number of hydrogen-bond acceptors (Lipinski definition) is 7. The van der Waals surface area contributed by atoms with Crippen LogP contribution in [0.4, 0.5) is 14.5 Å². The maximum atomic E-state index is 17.5. The molecule has 10 atom stereocenters. The molecule has 0 bridgehead atoms. The number of nitrogen functional groups attached to an aromatic ring is 1. The summed E-state index contributed by atoms with van der Waals surface area (Å²) >= 11 is 0. The standard InChI is InChI=1S/C35H37F2NO6/c1-32-12-11-23(40)14-26(32)27(36)15-25-24-16-30-35(29(42)18-39,33(24,2)17-28(41)34(25,32)37)44-31(43-30)21-7-3-19(4-8-21)13-20-5-9-22(38)10-6-20/h3-12,14,24-25,27-28,30-31,39,41H,13,15-18,38H2,1-2H3/t24-,25-,27-,28-,30+,31+,32-,33-,34-,35+/m0/s1. The van der Waals surface area contributed by atoms with Gasteiger partial charge in [0.1, 0.15) is 12.8 Å². The fraction of sp³-hybridized carbons (Fsp3) is 0.486. The average molecular weight is 606 g/mol. The SMILES string of the molecule is C[C@]12C=CC(=O)C=C1[C@@H](F)C[C@H]1[C@@H]3C[C@H]4O[C@@H](c5ccc(Cc6ccc(N)cc6)cc5)O[C@@]4(C(=O)CO)[C@@]3(C)C[C@H](O)[C@@]12F. The molecule has 7 nitrogen and oxygen atoms in total. The van der Waals surface area contributed by atoms with Gasteiger partial charge in [-0.2, -0.15) is 0 Å². The van der Waals surface area contributed by atoms with Crippen molar-refractivity contribution in [2.75, 3.05) is 12.3 Å². The number of anilines is 1. The number of Topliss-reactive ketones (excluding diaryl/α,β-unsaturated/α-hetero) is 1. The van der Waals surface area contributed by atoms with Gasteiger partial charge in [0.2, 0.25) is 0 Å². The zero-order valence-corrected chi connectivity index (χ0v) is 24.7. The lowest BCUT2D eigenvalue weighted by Crippen LogP contribution is -2.70. The second-order valence-corrected chi connectivity index (χ2v) is 13.6. The summed E-state index contributed by atoms with van der Waals surface area (Å²) in [5.41, 5.74) is 2.73. The highest BCUT2D eigenvalue weighted by Gasteiger charge is 2.80. The van der Waals surface area contributed by atoms with E-state index in [2.05, 4.69) is 0 Å². The summed E-state index contributed by atoms with van der Waals surface area (Å²) < 4.78 is 46.3. The van der Waals surface area contributed by atoms with Gasteiger partial charge in [-0.05, 0) is 79.5 Å². The molecule has 44 heavy (non-hydrogen) atoms. The van der Waals surface area contributed by atoms with E-state index in [1.54, 1.807) is 6.92 Å². The van der Waals surface area contributed by atoms with E-state index in [1.165, 1.54) is 19.1 Å². The fourth-order valence-electron chi connectivity index (χ4n) is 9.38. The molecule has 0 aromatic heterocycles. The van der Waals surface area contributed by atoms with Crippen molar-refractivity contribution < 1.29 is 38.1 Å². The first-order valence-electron chi connectivity index (χ1n) is 15.2. The second-order valence-electron chi connectivity index (χ2n) is 13.6. The summed E-state index contributed by atoms with van der Waals surface area (Å²) in [7, 11) is 0. The smallest absolute Gasteiger partial charge is 0.193 e. The van der Waals surface area contributed by atoms with Crippen LogP contribution in [0.2, 0.25) is 0 Å². The van der Waals surface area contributed by atoms with Crippen molar-refractivity contribution >= 4 is 17.3 Å². The molecule has 4 aliphatic carbocycles. The number of fused-ring (bicyclic) bond motifs is 7. The summed E-state index contributed by atoms with van der Waals surface area (Å²) in [6, 6.07) is 15.3. The van der Waals surface area contributed by atoms with Gasteiger partial charge in [0, 0.05) is 28.0 Å². The van der Waals surface area contributed by atoms with Crippen LogP contribution in [-0.4, -0.2) is 58.0 Å². The van der Waals surface area contributed by atoms with Gasteiger partial charge in [0.15, 0.2) is 29.1 Å². The number of benzene rings is 2. The fourth-order valence-corrected chi connectivity index (χ4v) is 9.38. The van der Waals surface area contributed by atoms with Crippen molar-refractivity contribution in [1.82, 2.24) is 0 Å². The van der Waals surface area contributed by atoms with Crippen LogP contribution in [0.3, 0.4) is 0 Å². The number of alkyl halides is 2. The Labute approximate surface area is 254 Å². The monoisotopic (exact) mass is 605 g/mol. The first-order chi connectivity index (χ1) is 20.9. The molecule has 9 heteroatoms. The van der Waals surface area contributed by atoms with E-state index < -0.39 is 76.8 Å². The molecule has 3 saturated carbocycles. The Balaban J connectivity index is 1.21. The van der Waals surface area contributed by atoms with Gasteiger partial charge in [-0.1, -0.05) is 49.4 Å². The van der Waals surface area contributed by atoms with Gasteiger partial charge in [-0.25, -0.2) is 8.78 Å². The van der Waals surface area contributed by atoms with E-state index in [4.69, 9.17) is 15.2 Å². The Morgan fingerprint density at radius 2 is 1.70 bits per heavy atom. The third kappa shape index (κ3) is 3.79. The molecule has 2 aromatic carbocycles. The predicted molar refractivity (Wildman–Crippen MR) is 158 cm³/mol. The van der Waals surface area contributed by atoms with E-state index in [0.29, 0.717) is 17.7 Å². The molecule has 0 amide bonds. The molecule has 1 heterocycles. The Hall–Kier alpha value is -3.24. The van der Waals surface area contributed by atoms with Crippen LogP contribution in [-0.2, 0) is 25.5 Å². The quantitative estimate of drug-likeness (QED) is 0.430. The number of carbonyl (C=O) groups excluding carboxylic acids is 2. The zero-order chi connectivity index (χ0) is 31.2. The number of ketones is 2. The molecule has 4 fully saturated rings. The summed E-state index contributed by atoms with van der Waals surface area (Å²) in [5.74, 6) is -2.59. The van der Waals surface area contributed by atoms with Crippen LogP contribution in [0.15, 0.2) is 72.3 Å². The minimum Gasteiger partial charge on any atom is -0.399 e. The summed E-state index contributed by atoms with van der Waals surface area (Å²) in [5, 5.41) is 21.8. The van der Waals surface area contributed by atoms with Crippen LogP contribution in [0, 0.1) is 22.7 Å². The van der Waals surface area contributed by atoms with E-state index in [0.717, 1.165) is 17.2 Å². The normalized spacial score (nSPS) is 42.2. The molecule has 5 aliphatic rings. The van der Waals surface area contributed by atoms with E-state index in [-0.39, 0.29) is 24.8 Å². The lowest BCUT2D eigenvalue weighted by Gasteiger charge is -2.63. The lowest BCUT2D eigenvalue weighted by atomic mass is 9.44. The van der Waals surface area contributed by atoms with Crippen LogP contribution in [0.1, 0.15) is 56.1 Å². The van der Waals surface area contributed by atoms with Crippen LogP contribution < -0.4 is 5.73 Å². The third-order valence-corrected chi connectivity index (χ3v) is 11.6. The number of aliphatic hydroxyl groups excluding tert-OH is 2. The van der Waals surface area contributed by atoms with E-state index in [9.17, 15) is 19.8 Å². The first-order valence-corrected chi connectivity index (χ1v) is 15.2. The largest absolute Gasteiger partial charge is 0.399 e. The van der Waals surface area contributed by atoms with Crippen molar-refractivity contribution in [3.63, 3.8) is 0 Å². The van der Waals surface area contributed by atoms with Crippen LogP contribution in [0.5, 0.6) is 0 Å². The molecular weight excluding hydrogens is 568 g/mol.